The minimum Gasteiger partial charge on any atom is -0.458 e. The highest BCUT2D eigenvalue weighted by Crippen LogP contribution is 2.10. The Bertz CT molecular complexity index is 368. The largest absolute Gasteiger partial charge is 0.458 e. The van der Waals surface area contributed by atoms with Crippen LogP contribution < -0.4 is 5.32 Å². The van der Waals surface area contributed by atoms with Crippen molar-refractivity contribution in [3.8, 4) is 0 Å². The van der Waals surface area contributed by atoms with Gasteiger partial charge < -0.3 is 15.0 Å². The second kappa shape index (κ2) is 5.47. The molecule has 0 radical (unpaired) electrons. The van der Waals surface area contributed by atoms with Gasteiger partial charge in [-0.15, -0.1) is 0 Å². The van der Waals surface area contributed by atoms with Gasteiger partial charge in [0.15, 0.2) is 0 Å². The van der Waals surface area contributed by atoms with E-state index >= 15 is 0 Å². The van der Waals surface area contributed by atoms with Gasteiger partial charge in [-0.1, -0.05) is 0 Å². The molecule has 0 saturated heterocycles. The summed E-state index contributed by atoms with van der Waals surface area (Å²) < 4.78 is 5.21. The molecule has 0 spiro atoms. The second-order valence-corrected chi connectivity index (χ2v) is 4.65. The summed E-state index contributed by atoms with van der Waals surface area (Å²) in [6, 6.07) is -0.702. The highest BCUT2D eigenvalue weighted by Gasteiger charge is 2.25. The first-order chi connectivity index (χ1) is 7.92. The predicted molar refractivity (Wildman–Crippen MR) is 61.1 cm³/mol. The third-order valence-corrected chi connectivity index (χ3v) is 1.94. The van der Waals surface area contributed by atoms with Crippen LogP contribution in [0.15, 0.2) is 12.5 Å². The highest BCUT2D eigenvalue weighted by molar-refractivity contribution is 5.78. The molecule has 0 bridgehead atoms. The van der Waals surface area contributed by atoms with Gasteiger partial charge >= 0.3 is 5.97 Å². The van der Waals surface area contributed by atoms with E-state index in [2.05, 4.69) is 15.3 Å². The topological polar surface area (TPSA) is 84.1 Å². The number of nitrogens with one attached hydrogen (secondary N) is 2. The van der Waals surface area contributed by atoms with Gasteiger partial charge in [0.25, 0.3) is 0 Å². The maximum atomic E-state index is 11.8. The Morgan fingerprint density at radius 3 is 2.82 bits per heavy atom. The Hall–Kier alpha value is -1.85. The number of nitrogens with zero attached hydrogens (tertiary/aromatic N) is 1. The van der Waals surface area contributed by atoms with Crippen molar-refractivity contribution < 1.29 is 14.3 Å². The monoisotopic (exact) mass is 239 g/mol. The van der Waals surface area contributed by atoms with E-state index in [1.807, 2.05) is 0 Å². The Kier molecular flexibility index (Phi) is 4.25. The zero-order chi connectivity index (χ0) is 12.9. The van der Waals surface area contributed by atoms with E-state index in [4.69, 9.17) is 4.74 Å². The SMILES string of the molecule is CC(C)(C)OC(=O)[C@H](Cc1cnc[nH]1)NC=O. The van der Waals surface area contributed by atoms with Gasteiger partial charge in [0.05, 0.1) is 6.33 Å². The standard InChI is InChI=1S/C11H17N3O3/c1-11(2,3)17-10(16)9(14-7-15)4-8-5-12-6-13-8/h5-7,9H,4H2,1-3H3,(H,12,13)(H,14,15)/t9-/m0/s1. The number of rotatable bonds is 5. The number of hydrogen-bond donors (Lipinski definition) is 2. The molecule has 0 unspecified atom stereocenters. The van der Waals surface area contributed by atoms with Crippen LogP contribution in [0, 0.1) is 0 Å². The van der Waals surface area contributed by atoms with E-state index in [0.29, 0.717) is 12.8 Å². The van der Waals surface area contributed by atoms with Gasteiger partial charge in [0.2, 0.25) is 6.41 Å². The molecule has 1 rings (SSSR count). The number of esters is 1. The highest BCUT2D eigenvalue weighted by atomic mass is 16.6. The summed E-state index contributed by atoms with van der Waals surface area (Å²) in [5.74, 6) is -0.459. The quantitative estimate of drug-likeness (QED) is 0.575. The van der Waals surface area contributed by atoms with Crippen molar-refractivity contribution in [3.63, 3.8) is 0 Å². The predicted octanol–water partition coefficient (Wildman–Crippen LogP) is 0.408. The molecular formula is C11H17N3O3. The molecule has 0 aromatic carbocycles. The molecule has 0 fully saturated rings. The van der Waals surface area contributed by atoms with Crippen LogP contribution in [-0.2, 0) is 20.7 Å². The fraction of sp³-hybridized carbons (Fsp3) is 0.545. The van der Waals surface area contributed by atoms with Crippen molar-refractivity contribution >= 4 is 12.4 Å². The van der Waals surface area contributed by atoms with E-state index in [1.165, 1.54) is 6.33 Å². The molecule has 17 heavy (non-hydrogen) atoms. The number of H-pyrrole nitrogens is 1. The lowest BCUT2D eigenvalue weighted by atomic mass is 10.1. The van der Waals surface area contributed by atoms with Crippen LogP contribution in [0.25, 0.3) is 0 Å². The molecule has 94 valence electrons. The first-order valence-corrected chi connectivity index (χ1v) is 5.32. The van der Waals surface area contributed by atoms with E-state index < -0.39 is 17.6 Å². The summed E-state index contributed by atoms with van der Waals surface area (Å²) in [4.78, 5) is 29.0. The number of carbonyl (C=O) groups is 2. The van der Waals surface area contributed by atoms with Gasteiger partial charge in [-0.05, 0) is 20.8 Å². The van der Waals surface area contributed by atoms with Gasteiger partial charge in [-0.2, -0.15) is 0 Å². The van der Waals surface area contributed by atoms with Crippen LogP contribution in [0.1, 0.15) is 26.5 Å². The molecule has 0 aliphatic carbocycles. The zero-order valence-electron chi connectivity index (χ0n) is 10.2. The number of ether oxygens (including phenoxy) is 1. The first-order valence-electron chi connectivity index (χ1n) is 5.32. The summed E-state index contributed by atoms with van der Waals surface area (Å²) in [5, 5.41) is 2.44. The van der Waals surface area contributed by atoms with Crippen LogP contribution >= 0.6 is 0 Å². The smallest absolute Gasteiger partial charge is 0.329 e. The summed E-state index contributed by atoms with van der Waals surface area (Å²) in [7, 11) is 0. The van der Waals surface area contributed by atoms with Crippen molar-refractivity contribution in [1.82, 2.24) is 15.3 Å². The van der Waals surface area contributed by atoms with E-state index in [9.17, 15) is 9.59 Å². The average Bonchev–Trinajstić information content (AvgIpc) is 2.67. The van der Waals surface area contributed by atoms with E-state index in [-0.39, 0.29) is 0 Å². The van der Waals surface area contributed by atoms with Crippen molar-refractivity contribution in [2.75, 3.05) is 0 Å². The summed E-state index contributed by atoms with van der Waals surface area (Å²) >= 11 is 0. The van der Waals surface area contributed by atoms with Crippen molar-refractivity contribution in [1.29, 1.82) is 0 Å². The van der Waals surface area contributed by atoms with E-state index in [0.717, 1.165) is 5.69 Å². The number of aromatic amines is 1. The minimum atomic E-state index is -0.702. The second-order valence-electron chi connectivity index (χ2n) is 4.65. The van der Waals surface area contributed by atoms with Crippen LogP contribution in [0.4, 0.5) is 0 Å². The van der Waals surface area contributed by atoms with Gasteiger partial charge in [0, 0.05) is 18.3 Å². The molecule has 0 aliphatic heterocycles. The Balaban J connectivity index is 2.65. The molecule has 1 aromatic heterocycles. The number of amides is 1. The average molecular weight is 239 g/mol. The molecule has 1 atom stereocenters. The maximum Gasteiger partial charge on any atom is 0.329 e. The lowest BCUT2D eigenvalue weighted by Gasteiger charge is -2.23. The molecule has 1 aromatic rings. The summed E-state index contributed by atoms with van der Waals surface area (Å²) in [6.45, 7) is 5.33. The molecule has 6 nitrogen and oxygen atoms in total. The molecule has 2 N–H and O–H groups in total. The number of carbonyl (C=O) groups excluding carboxylic acids is 2. The lowest BCUT2D eigenvalue weighted by Crippen LogP contribution is -2.42. The molecule has 6 heteroatoms. The maximum absolute atomic E-state index is 11.8. The Morgan fingerprint density at radius 1 is 1.65 bits per heavy atom. The normalized spacial score (nSPS) is 12.9. The van der Waals surface area contributed by atoms with Crippen LogP contribution in [0.3, 0.4) is 0 Å². The van der Waals surface area contributed by atoms with Crippen molar-refractivity contribution in [2.45, 2.75) is 38.8 Å². The third kappa shape index (κ3) is 4.67. The molecule has 1 heterocycles. The molecule has 0 saturated carbocycles. The van der Waals surface area contributed by atoms with Crippen molar-refractivity contribution in [3.05, 3.63) is 18.2 Å². The number of imidazole rings is 1. The van der Waals surface area contributed by atoms with Gasteiger partial charge in [-0.3, -0.25) is 4.79 Å². The van der Waals surface area contributed by atoms with Crippen LogP contribution in [-0.4, -0.2) is 34.0 Å². The Morgan fingerprint density at radius 2 is 2.35 bits per heavy atom. The molecular weight excluding hydrogens is 222 g/mol. The third-order valence-electron chi connectivity index (χ3n) is 1.94. The van der Waals surface area contributed by atoms with Crippen LogP contribution in [0.2, 0.25) is 0 Å². The van der Waals surface area contributed by atoms with Crippen molar-refractivity contribution in [2.24, 2.45) is 0 Å². The van der Waals surface area contributed by atoms with E-state index in [1.54, 1.807) is 27.0 Å². The van der Waals surface area contributed by atoms with Gasteiger partial charge in [-0.25, -0.2) is 9.78 Å². The fourth-order valence-corrected chi connectivity index (χ4v) is 1.28. The number of aromatic nitrogens is 2. The minimum absolute atomic E-state index is 0.327. The molecule has 1 amide bonds. The first kappa shape index (κ1) is 13.2. The summed E-state index contributed by atoms with van der Waals surface area (Å²) in [6.07, 6.45) is 3.94. The molecule has 0 aliphatic rings. The van der Waals surface area contributed by atoms with Gasteiger partial charge in [0.1, 0.15) is 11.6 Å². The fourth-order valence-electron chi connectivity index (χ4n) is 1.28. The summed E-state index contributed by atoms with van der Waals surface area (Å²) in [5.41, 5.74) is 0.184. The Labute approximate surface area is 99.8 Å². The number of hydrogen-bond acceptors (Lipinski definition) is 4. The van der Waals surface area contributed by atoms with Crippen LogP contribution in [0.5, 0.6) is 0 Å². The lowest BCUT2D eigenvalue weighted by molar-refractivity contribution is -0.158. The zero-order valence-corrected chi connectivity index (χ0v) is 10.2.